The van der Waals surface area contributed by atoms with Gasteiger partial charge in [-0.1, -0.05) is 48.5 Å². The molecule has 3 heterocycles. The molecule has 0 unspecified atom stereocenters. The fraction of sp³-hybridized carbons (Fsp3) is 0.267. The van der Waals surface area contributed by atoms with Gasteiger partial charge < -0.3 is 9.88 Å². The Bertz CT molecular complexity index is 1570. The number of rotatable bonds is 10. The Morgan fingerprint density at radius 2 is 1.63 bits per heavy atom. The van der Waals surface area contributed by atoms with Crippen molar-refractivity contribution in [3.63, 3.8) is 0 Å². The summed E-state index contributed by atoms with van der Waals surface area (Å²) in [6.07, 6.45) is 6.44. The minimum atomic E-state index is -0.215. The predicted molar refractivity (Wildman–Crippen MR) is 149 cm³/mol. The summed E-state index contributed by atoms with van der Waals surface area (Å²) in [7, 11) is 0. The van der Waals surface area contributed by atoms with Crippen LogP contribution < -0.4 is 10.9 Å². The van der Waals surface area contributed by atoms with Crippen LogP contribution in [-0.4, -0.2) is 36.1 Å². The van der Waals surface area contributed by atoms with Gasteiger partial charge in [0.25, 0.3) is 5.56 Å². The van der Waals surface area contributed by atoms with Gasteiger partial charge in [-0.3, -0.25) is 9.59 Å². The van der Waals surface area contributed by atoms with E-state index in [4.69, 9.17) is 5.10 Å². The number of amides is 1. The van der Waals surface area contributed by atoms with Crippen LogP contribution in [0.15, 0.2) is 90.0 Å². The van der Waals surface area contributed by atoms with Gasteiger partial charge >= 0.3 is 0 Å². The molecule has 0 saturated heterocycles. The summed E-state index contributed by atoms with van der Waals surface area (Å²) >= 11 is 0. The number of para-hydroxylation sites is 1. The van der Waals surface area contributed by atoms with Crippen molar-refractivity contribution in [1.29, 1.82) is 0 Å². The van der Waals surface area contributed by atoms with Gasteiger partial charge in [-0.05, 0) is 62.9 Å². The summed E-state index contributed by atoms with van der Waals surface area (Å²) in [5.74, 6) is 0.659. The quantitative estimate of drug-likeness (QED) is 0.299. The molecule has 38 heavy (non-hydrogen) atoms. The molecular formula is C30H32N6O2. The van der Waals surface area contributed by atoms with E-state index in [9.17, 15) is 9.59 Å². The highest BCUT2D eigenvalue weighted by Gasteiger charge is 2.21. The lowest BCUT2D eigenvalue weighted by atomic mass is 10.1. The highest BCUT2D eigenvalue weighted by Crippen LogP contribution is 2.24. The number of fused-ring (bicyclic) bond motifs is 1. The summed E-state index contributed by atoms with van der Waals surface area (Å²) in [4.78, 5) is 26.2. The maximum absolute atomic E-state index is 13.6. The molecule has 5 aromatic rings. The van der Waals surface area contributed by atoms with E-state index in [1.165, 1.54) is 10.2 Å². The number of aromatic nitrogens is 5. The summed E-state index contributed by atoms with van der Waals surface area (Å²) in [6.45, 7) is 4.24. The molecule has 1 atom stereocenters. The molecule has 5 rings (SSSR count). The largest absolute Gasteiger partial charge is 0.354 e. The van der Waals surface area contributed by atoms with Gasteiger partial charge in [-0.15, -0.1) is 0 Å². The minimum absolute atomic E-state index is 0.0127. The van der Waals surface area contributed by atoms with Gasteiger partial charge in [-0.2, -0.15) is 10.2 Å². The zero-order valence-electron chi connectivity index (χ0n) is 21.7. The molecule has 0 saturated carbocycles. The predicted octanol–water partition coefficient (Wildman–Crippen LogP) is 4.60. The molecule has 0 bridgehead atoms. The van der Waals surface area contributed by atoms with Crippen molar-refractivity contribution in [2.24, 2.45) is 0 Å². The summed E-state index contributed by atoms with van der Waals surface area (Å²) in [6, 6.07) is 23.9. The van der Waals surface area contributed by atoms with E-state index in [2.05, 4.69) is 22.5 Å². The first-order valence-electron chi connectivity index (χ1n) is 13.0. The van der Waals surface area contributed by atoms with E-state index in [0.29, 0.717) is 41.8 Å². The smallest absolute Gasteiger partial charge is 0.280 e. The van der Waals surface area contributed by atoms with Crippen molar-refractivity contribution in [2.45, 2.75) is 52.1 Å². The van der Waals surface area contributed by atoms with E-state index in [1.54, 1.807) is 4.68 Å². The van der Waals surface area contributed by atoms with Crippen LogP contribution in [0.3, 0.4) is 0 Å². The number of benzene rings is 2. The average Bonchev–Trinajstić information content (AvgIpc) is 3.60. The molecule has 0 aliphatic carbocycles. The molecule has 0 aliphatic heterocycles. The molecule has 194 valence electrons. The third kappa shape index (κ3) is 5.44. The number of nitrogens with one attached hydrogen (secondary N) is 1. The Labute approximate surface area is 221 Å². The van der Waals surface area contributed by atoms with Crippen molar-refractivity contribution in [2.75, 3.05) is 0 Å². The number of aryl methyl sites for hydroxylation is 3. The summed E-state index contributed by atoms with van der Waals surface area (Å²) in [5, 5.41) is 12.9. The Morgan fingerprint density at radius 3 is 2.34 bits per heavy atom. The number of carbonyl (C=O) groups is 1. The van der Waals surface area contributed by atoms with E-state index in [-0.39, 0.29) is 17.5 Å². The Kier molecular flexibility index (Phi) is 7.49. The lowest BCUT2D eigenvalue weighted by molar-refractivity contribution is -0.121. The van der Waals surface area contributed by atoms with Gasteiger partial charge in [0.05, 0.1) is 11.4 Å². The van der Waals surface area contributed by atoms with Gasteiger partial charge in [0.2, 0.25) is 5.91 Å². The Hall–Kier alpha value is -4.46. The van der Waals surface area contributed by atoms with Gasteiger partial charge in [-0.25, -0.2) is 9.36 Å². The van der Waals surface area contributed by atoms with Gasteiger partial charge in [0, 0.05) is 31.4 Å². The first kappa shape index (κ1) is 25.2. The first-order valence-corrected chi connectivity index (χ1v) is 13.0. The number of carbonyl (C=O) groups excluding carboxylic acids is 1. The monoisotopic (exact) mass is 508 g/mol. The zero-order chi connectivity index (χ0) is 26.5. The molecule has 8 heteroatoms. The molecular weight excluding hydrogens is 476 g/mol. The highest BCUT2D eigenvalue weighted by molar-refractivity contribution is 5.87. The second-order valence-corrected chi connectivity index (χ2v) is 9.59. The van der Waals surface area contributed by atoms with Crippen LogP contribution in [0.4, 0.5) is 0 Å². The van der Waals surface area contributed by atoms with Crippen LogP contribution in [-0.2, 0) is 17.8 Å². The van der Waals surface area contributed by atoms with Crippen LogP contribution in [0.5, 0.6) is 0 Å². The lowest BCUT2D eigenvalue weighted by Gasteiger charge is -2.14. The molecule has 3 aromatic heterocycles. The van der Waals surface area contributed by atoms with Gasteiger partial charge in [0.15, 0.2) is 5.82 Å². The maximum Gasteiger partial charge on any atom is 0.280 e. The molecule has 0 radical (unpaired) electrons. The summed E-state index contributed by atoms with van der Waals surface area (Å²) < 4.78 is 5.15. The standard InChI is InChI=1S/C30H32N6O2/c1-22(17-18-24-12-5-3-6-13-24)31-26(37)16-11-21-35-30(38)27-28(23(2)32-35)33-36(25-14-7-4-8-15-25)29(27)34-19-9-10-20-34/h3-10,12-15,19-20,22H,11,16-18,21H2,1-2H3,(H,31,37)/t22-/m1/s1. The molecule has 2 aromatic carbocycles. The number of hydrogen-bond acceptors (Lipinski definition) is 4. The Balaban J connectivity index is 1.31. The van der Waals surface area contributed by atoms with Crippen LogP contribution in [0.1, 0.15) is 37.4 Å². The Morgan fingerprint density at radius 1 is 0.947 bits per heavy atom. The molecule has 1 amide bonds. The van der Waals surface area contributed by atoms with Crippen molar-refractivity contribution >= 4 is 16.8 Å². The highest BCUT2D eigenvalue weighted by atomic mass is 16.1. The van der Waals surface area contributed by atoms with Crippen LogP contribution in [0, 0.1) is 6.92 Å². The molecule has 0 spiro atoms. The maximum atomic E-state index is 13.6. The zero-order valence-corrected chi connectivity index (χ0v) is 21.7. The molecule has 0 aliphatic rings. The summed E-state index contributed by atoms with van der Waals surface area (Å²) in [5.41, 5.74) is 3.15. The van der Waals surface area contributed by atoms with E-state index in [0.717, 1.165) is 18.5 Å². The van der Waals surface area contributed by atoms with Crippen molar-refractivity contribution in [3.8, 4) is 11.5 Å². The SMILES string of the molecule is Cc1nn(CCCC(=O)N[C@H](C)CCc2ccccc2)c(=O)c2c(-n3cccc3)n(-c3ccccc3)nc12. The van der Waals surface area contributed by atoms with E-state index >= 15 is 0 Å². The normalized spacial score (nSPS) is 12.1. The molecule has 0 fully saturated rings. The number of nitrogens with zero attached hydrogens (tertiary/aromatic N) is 5. The van der Waals surface area contributed by atoms with Crippen molar-refractivity contribution in [1.82, 2.24) is 29.4 Å². The van der Waals surface area contributed by atoms with E-state index < -0.39 is 0 Å². The topological polar surface area (TPSA) is 86.7 Å². The van der Waals surface area contributed by atoms with Crippen LogP contribution >= 0.6 is 0 Å². The fourth-order valence-corrected chi connectivity index (χ4v) is 4.71. The third-order valence-electron chi connectivity index (χ3n) is 6.66. The van der Waals surface area contributed by atoms with Crippen molar-refractivity contribution in [3.05, 3.63) is 107 Å². The second kappa shape index (κ2) is 11.3. The van der Waals surface area contributed by atoms with Gasteiger partial charge in [0.1, 0.15) is 10.9 Å². The third-order valence-corrected chi connectivity index (χ3v) is 6.66. The first-order chi connectivity index (χ1) is 18.5. The van der Waals surface area contributed by atoms with Crippen LogP contribution in [0.2, 0.25) is 0 Å². The number of hydrogen-bond donors (Lipinski definition) is 1. The molecule has 1 N–H and O–H groups in total. The van der Waals surface area contributed by atoms with Crippen molar-refractivity contribution < 1.29 is 4.79 Å². The van der Waals surface area contributed by atoms with E-state index in [1.807, 2.05) is 91.5 Å². The fourth-order valence-electron chi connectivity index (χ4n) is 4.71. The average molecular weight is 509 g/mol. The lowest BCUT2D eigenvalue weighted by Crippen LogP contribution is -2.33. The minimum Gasteiger partial charge on any atom is -0.354 e. The second-order valence-electron chi connectivity index (χ2n) is 9.59. The van der Waals surface area contributed by atoms with Crippen LogP contribution in [0.25, 0.3) is 22.4 Å². The molecule has 8 nitrogen and oxygen atoms in total.